The highest BCUT2D eigenvalue weighted by atomic mass is 16.5. The number of rotatable bonds is 5. The number of methoxy groups -OCH3 is 1. The number of hydrogen-bond acceptors (Lipinski definition) is 3. The first-order valence-electron chi connectivity index (χ1n) is 5.68. The van der Waals surface area contributed by atoms with Gasteiger partial charge in [-0.05, 0) is 31.0 Å². The van der Waals surface area contributed by atoms with Gasteiger partial charge in [-0.15, -0.1) is 0 Å². The van der Waals surface area contributed by atoms with E-state index in [4.69, 9.17) is 10.5 Å². The highest BCUT2D eigenvalue weighted by molar-refractivity contribution is 5.78. The van der Waals surface area contributed by atoms with Crippen molar-refractivity contribution in [3.63, 3.8) is 0 Å². The number of nitrogens with two attached hydrogens (primary N) is 1. The summed E-state index contributed by atoms with van der Waals surface area (Å²) in [7, 11) is 1.64. The third kappa shape index (κ3) is 4.44. The molecule has 1 amide bonds. The molecule has 0 aliphatic heterocycles. The van der Waals surface area contributed by atoms with Crippen molar-refractivity contribution < 1.29 is 9.53 Å². The van der Waals surface area contributed by atoms with Crippen LogP contribution in [0.3, 0.4) is 0 Å². The Morgan fingerprint density at radius 3 is 2.76 bits per heavy atom. The van der Waals surface area contributed by atoms with Crippen molar-refractivity contribution >= 4 is 5.91 Å². The summed E-state index contributed by atoms with van der Waals surface area (Å²) < 4.78 is 5.17. The summed E-state index contributed by atoms with van der Waals surface area (Å²) >= 11 is 0. The van der Waals surface area contributed by atoms with Crippen LogP contribution in [0.15, 0.2) is 18.2 Å². The molecule has 4 nitrogen and oxygen atoms in total. The van der Waals surface area contributed by atoms with Gasteiger partial charge in [-0.1, -0.05) is 12.1 Å². The van der Waals surface area contributed by atoms with E-state index in [2.05, 4.69) is 5.32 Å². The predicted molar refractivity (Wildman–Crippen MR) is 68.1 cm³/mol. The number of amides is 1. The van der Waals surface area contributed by atoms with Gasteiger partial charge in [0.25, 0.3) is 0 Å². The Bertz CT molecular complexity index is 389. The Hall–Kier alpha value is -1.55. The molecule has 0 radical (unpaired) electrons. The molecular weight excluding hydrogens is 216 g/mol. The Labute approximate surface area is 102 Å². The van der Waals surface area contributed by atoms with Gasteiger partial charge in [0.05, 0.1) is 13.5 Å². The van der Waals surface area contributed by atoms with Crippen LogP contribution in [0.25, 0.3) is 0 Å². The molecule has 94 valence electrons. The molecule has 4 heteroatoms. The maximum atomic E-state index is 11.6. The lowest BCUT2D eigenvalue weighted by Crippen LogP contribution is -2.35. The topological polar surface area (TPSA) is 64.3 Å². The second-order valence-electron chi connectivity index (χ2n) is 4.26. The molecule has 1 aromatic rings. The summed E-state index contributed by atoms with van der Waals surface area (Å²) in [4.78, 5) is 11.6. The molecule has 1 atom stereocenters. The van der Waals surface area contributed by atoms with E-state index in [1.54, 1.807) is 7.11 Å². The molecule has 1 aromatic carbocycles. The zero-order valence-electron chi connectivity index (χ0n) is 10.6. The largest absolute Gasteiger partial charge is 0.496 e. The Morgan fingerprint density at radius 2 is 2.24 bits per heavy atom. The van der Waals surface area contributed by atoms with Gasteiger partial charge in [-0.2, -0.15) is 0 Å². The van der Waals surface area contributed by atoms with Gasteiger partial charge in [-0.25, -0.2) is 0 Å². The van der Waals surface area contributed by atoms with E-state index in [-0.39, 0.29) is 11.9 Å². The lowest BCUT2D eigenvalue weighted by atomic mass is 10.1. The van der Waals surface area contributed by atoms with E-state index < -0.39 is 0 Å². The van der Waals surface area contributed by atoms with Gasteiger partial charge >= 0.3 is 0 Å². The van der Waals surface area contributed by atoms with Crippen molar-refractivity contribution in [1.82, 2.24) is 5.32 Å². The standard InChI is InChI=1S/C13H20N2O2/c1-9-6-11(4-5-12(9)17-3)7-13(16)15-8-10(2)14/h4-6,10H,7-8,14H2,1-3H3,(H,15,16). The van der Waals surface area contributed by atoms with Gasteiger partial charge in [0.1, 0.15) is 5.75 Å². The van der Waals surface area contributed by atoms with E-state index in [0.717, 1.165) is 16.9 Å². The second kappa shape index (κ2) is 6.25. The number of carbonyl (C=O) groups excluding carboxylic acids is 1. The molecule has 0 aliphatic rings. The minimum absolute atomic E-state index is 0.00753. The molecule has 17 heavy (non-hydrogen) atoms. The molecule has 0 saturated heterocycles. The zero-order chi connectivity index (χ0) is 12.8. The summed E-state index contributed by atoms with van der Waals surface area (Å²) in [5.41, 5.74) is 7.57. The van der Waals surface area contributed by atoms with E-state index in [1.807, 2.05) is 32.0 Å². The van der Waals surface area contributed by atoms with Gasteiger partial charge in [0, 0.05) is 12.6 Å². The van der Waals surface area contributed by atoms with E-state index in [0.29, 0.717) is 13.0 Å². The fraction of sp³-hybridized carbons (Fsp3) is 0.462. The number of carbonyl (C=O) groups is 1. The molecule has 1 unspecified atom stereocenters. The Morgan fingerprint density at radius 1 is 1.53 bits per heavy atom. The molecule has 0 saturated carbocycles. The number of benzene rings is 1. The number of hydrogen-bond donors (Lipinski definition) is 2. The third-order valence-corrected chi connectivity index (χ3v) is 2.45. The monoisotopic (exact) mass is 236 g/mol. The smallest absolute Gasteiger partial charge is 0.224 e. The lowest BCUT2D eigenvalue weighted by molar-refractivity contribution is -0.120. The van der Waals surface area contributed by atoms with Gasteiger partial charge in [0.15, 0.2) is 0 Å². The van der Waals surface area contributed by atoms with E-state index in [1.165, 1.54) is 0 Å². The minimum atomic E-state index is -0.0171. The van der Waals surface area contributed by atoms with Crippen LogP contribution in [0.2, 0.25) is 0 Å². The van der Waals surface area contributed by atoms with Crippen molar-refractivity contribution in [2.45, 2.75) is 26.3 Å². The van der Waals surface area contributed by atoms with Crippen molar-refractivity contribution in [1.29, 1.82) is 0 Å². The number of ether oxygens (including phenoxy) is 1. The fourth-order valence-corrected chi connectivity index (χ4v) is 1.57. The SMILES string of the molecule is COc1ccc(CC(=O)NCC(C)N)cc1C. The minimum Gasteiger partial charge on any atom is -0.496 e. The van der Waals surface area contributed by atoms with Crippen molar-refractivity contribution in [2.75, 3.05) is 13.7 Å². The number of aryl methyl sites for hydroxylation is 1. The lowest BCUT2D eigenvalue weighted by Gasteiger charge is -2.09. The zero-order valence-corrected chi connectivity index (χ0v) is 10.6. The summed E-state index contributed by atoms with van der Waals surface area (Å²) in [5.74, 6) is 0.830. The maximum absolute atomic E-state index is 11.6. The van der Waals surface area contributed by atoms with Crippen LogP contribution >= 0.6 is 0 Å². The van der Waals surface area contributed by atoms with Gasteiger partial charge in [0.2, 0.25) is 5.91 Å². The molecule has 3 N–H and O–H groups in total. The van der Waals surface area contributed by atoms with Crippen molar-refractivity contribution in [2.24, 2.45) is 5.73 Å². The summed E-state index contributed by atoms with van der Waals surface area (Å²) in [6.07, 6.45) is 0.373. The van der Waals surface area contributed by atoms with Crippen molar-refractivity contribution in [3.8, 4) is 5.75 Å². The molecule has 0 aliphatic carbocycles. The van der Waals surface area contributed by atoms with Crippen LogP contribution in [-0.4, -0.2) is 25.6 Å². The maximum Gasteiger partial charge on any atom is 0.224 e. The molecule has 1 rings (SSSR count). The van der Waals surface area contributed by atoms with Crippen molar-refractivity contribution in [3.05, 3.63) is 29.3 Å². The summed E-state index contributed by atoms with van der Waals surface area (Å²) in [6, 6.07) is 5.72. The van der Waals surface area contributed by atoms with Gasteiger partial charge < -0.3 is 15.8 Å². The molecule has 0 heterocycles. The van der Waals surface area contributed by atoms with Crippen LogP contribution in [-0.2, 0) is 11.2 Å². The Balaban J connectivity index is 2.57. The normalized spacial score (nSPS) is 12.0. The molecule has 0 fully saturated rings. The van der Waals surface area contributed by atoms with Crippen LogP contribution in [0.1, 0.15) is 18.1 Å². The van der Waals surface area contributed by atoms with E-state index >= 15 is 0 Å². The summed E-state index contributed by atoms with van der Waals surface area (Å²) in [6.45, 7) is 4.33. The molecular formula is C13H20N2O2. The van der Waals surface area contributed by atoms with E-state index in [9.17, 15) is 4.79 Å². The third-order valence-electron chi connectivity index (χ3n) is 2.45. The fourth-order valence-electron chi connectivity index (χ4n) is 1.57. The predicted octanol–water partition coefficient (Wildman–Crippen LogP) is 1.01. The highest BCUT2D eigenvalue weighted by Crippen LogP contribution is 2.18. The average molecular weight is 236 g/mol. The Kier molecular flexibility index (Phi) is 4.97. The highest BCUT2D eigenvalue weighted by Gasteiger charge is 2.06. The van der Waals surface area contributed by atoms with Crippen LogP contribution < -0.4 is 15.8 Å². The van der Waals surface area contributed by atoms with Crippen LogP contribution in [0, 0.1) is 6.92 Å². The first-order chi connectivity index (χ1) is 8.02. The average Bonchev–Trinajstić information content (AvgIpc) is 2.26. The quantitative estimate of drug-likeness (QED) is 0.802. The van der Waals surface area contributed by atoms with Gasteiger partial charge in [-0.3, -0.25) is 4.79 Å². The molecule has 0 bridgehead atoms. The second-order valence-corrected chi connectivity index (χ2v) is 4.26. The summed E-state index contributed by atoms with van der Waals surface area (Å²) in [5, 5.41) is 2.78. The van der Waals surface area contributed by atoms with Crippen LogP contribution in [0.5, 0.6) is 5.75 Å². The van der Waals surface area contributed by atoms with Crippen LogP contribution in [0.4, 0.5) is 0 Å². The first-order valence-corrected chi connectivity index (χ1v) is 5.68. The molecule has 0 spiro atoms. The molecule has 0 aromatic heterocycles. The first kappa shape index (κ1) is 13.5. The number of nitrogens with one attached hydrogen (secondary N) is 1.